The van der Waals surface area contributed by atoms with Crippen LogP contribution < -0.4 is 5.32 Å². The molecule has 114 valence electrons. The van der Waals surface area contributed by atoms with Gasteiger partial charge >= 0.3 is 0 Å². The monoisotopic (exact) mass is 279 g/mol. The van der Waals surface area contributed by atoms with Crippen LogP contribution in [0.1, 0.15) is 45.9 Å². The molecule has 1 saturated heterocycles. The summed E-state index contributed by atoms with van der Waals surface area (Å²) in [5, 5.41) is 7.98. The molecule has 2 heterocycles. The summed E-state index contributed by atoms with van der Waals surface area (Å²) in [5.74, 6) is 1.82. The molecule has 1 aliphatic rings. The van der Waals surface area contributed by atoms with Crippen LogP contribution in [0.25, 0.3) is 0 Å². The maximum absolute atomic E-state index is 4.42. The van der Waals surface area contributed by atoms with E-state index in [1.807, 2.05) is 4.68 Å². The Morgan fingerprint density at radius 3 is 2.90 bits per heavy atom. The van der Waals surface area contributed by atoms with Gasteiger partial charge in [0.2, 0.25) is 0 Å². The van der Waals surface area contributed by atoms with Gasteiger partial charge in [-0.3, -0.25) is 4.90 Å². The third kappa shape index (κ3) is 4.03. The van der Waals surface area contributed by atoms with Crippen molar-refractivity contribution in [3.63, 3.8) is 0 Å². The fourth-order valence-electron chi connectivity index (χ4n) is 3.02. The van der Waals surface area contributed by atoms with Crippen molar-refractivity contribution in [3.05, 3.63) is 12.2 Å². The summed E-state index contributed by atoms with van der Waals surface area (Å²) in [6.45, 7) is 12.1. The van der Waals surface area contributed by atoms with Crippen molar-refractivity contribution < 1.29 is 0 Å². The van der Waals surface area contributed by atoms with E-state index in [-0.39, 0.29) is 0 Å². The number of nitrogens with zero attached hydrogens (tertiary/aromatic N) is 4. The summed E-state index contributed by atoms with van der Waals surface area (Å²) in [5.41, 5.74) is 0. The SMILES string of the molecule is CCCNC1CCN(Cc2ncnn2CCC)CC1C. The Kier molecular flexibility index (Phi) is 5.98. The summed E-state index contributed by atoms with van der Waals surface area (Å²) in [6.07, 6.45) is 5.25. The molecule has 20 heavy (non-hydrogen) atoms. The minimum absolute atomic E-state index is 0.680. The van der Waals surface area contributed by atoms with E-state index in [0.717, 1.165) is 45.0 Å². The fourth-order valence-corrected chi connectivity index (χ4v) is 3.02. The van der Waals surface area contributed by atoms with Crippen LogP contribution >= 0.6 is 0 Å². The van der Waals surface area contributed by atoms with Crippen LogP contribution in [0.4, 0.5) is 0 Å². The number of aryl methyl sites for hydroxylation is 1. The molecular formula is C15H29N5. The molecule has 2 atom stereocenters. The predicted molar refractivity (Wildman–Crippen MR) is 81.5 cm³/mol. The Morgan fingerprint density at radius 1 is 1.35 bits per heavy atom. The second-order valence-corrected chi connectivity index (χ2v) is 5.96. The average molecular weight is 279 g/mol. The summed E-state index contributed by atoms with van der Waals surface area (Å²) in [4.78, 5) is 6.94. The molecule has 0 bridgehead atoms. The van der Waals surface area contributed by atoms with Gasteiger partial charge < -0.3 is 5.32 Å². The van der Waals surface area contributed by atoms with Crippen LogP contribution in [0.15, 0.2) is 6.33 Å². The number of rotatable bonds is 7. The van der Waals surface area contributed by atoms with Crippen molar-refractivity contribution in [2.45, 2.75) is 59.2 Å². The van der Waals surface area contributed by atoms with E-state index >= 15 is 0 Å². The third-order valence-corrected chi connectivity index (χ3v) is 4.14. The lowest BCUT2D eigenvalue weighted by Gasteiger charge is -2.37. The van der Waals surface area contributed by atoms with Gasteiger partial charge in [0.15, 0.2) is 0 Å². The van der Waals surface area contributed by atoms with Crippen LogP contribution in [-0.2, 0) is 13.1 Å². The maximum Gasteiger partial charge on any atom is 0.141 e. The highest BCUT2D eigenvalue weighted by atomic mass is 15.3. The third-order valence-electron chi connectivity index (χ3n) is 4.14. The van der Waals surface area contributed by atoms with E-state index in [2.05, 4.69) is 41.1 Å². The second-order valence-electron chi connectivity index (χ2n) is 5.96. The number of aromatic nitrogens is 3. The normalized spacial score (nSPS) is 24.1. The van der Waals surface area contributed by atoms with Gasteiger partial charge in [0.25, 0.3) is 0 Å². The van der Waals surface area contributed by atoms with Crippen LogP contribution in [0.2, 0.25) is 0 Å². The Labute approximate surface area is 122 Å². The fraction of sp³-hybridized carbons (Fsp3) is 0.867. The van der Waals surface area contributed by atoms with Gasteiger partial charge in [-0.2, -0.15) is 5.10 Å². The number of nitrogens with one attached hydrogen (secondary N) is 1. The molecule has 5 nitrogen and oxygen atoms in total. The zero-order chi connectivity index (χ0) is 14.4. The van der Waals surface area contributed by atoms with Gasteiger partial charge in [0.05, 0.1) is 6.54 Å². The molecule has 0 saturated carbocycles. The van der Waals surface area contributed by atoms with Gasteiger partial charge in [-0.25, -0.2) is 9.67 Å². The van der Waals surface area contributed by atoms with E-state index in [9.17, 15) is 0 Å². The molecule has 2 unspecified atom stereocenters. The predicted octanol–water partition coefficient (Wildman–Crippen LogP) is 1.90. The van der Waals surface area contributed by atoms with Crippen molar-refractivity contribution >= 4 is 0 Å². The van der Waals surface area contributed by atoms with E-state index in [1.54, 1.807) is 6.33 Å². The molecule has 0 aliphatic carbocycles. The lowest BCUT2D eigenvalue weighted by molar-refractivity contribution is 0.136. The van der Waals surface area contributed by atoms with E-state index in [4.69, 9.17) is 0 Å². The molecule has 0 aromatic carbocycles. The smallest absolute Gasteiger partial charge is 0.141 e. The molecule has 1 aliphatic heterocycles. The van der Waals surface area contributed by atoms with E-state index in [0.29, 0.717) is 12.0 Å². The van der Waals surface area contributed by atoms with Crippen molar-refractivity contribution in [2.24, 2.45) is 5.92 Å². The van der Waals surface area contributed by atoms with Crippen molar-refractivity contribution in [1.82, 2.24) is 25.0 Å². The first-order valence-electron chi connectivity index (χ1n) is 8.07. The molecule has 2 rings (SSSR count). The lowest BCUT2D eigenvalue weighted by atomic mass is 9.93. The molecule has 0 spiro atoms. The van der Waals surface area contributed by atoms with Gasteiger partial charge in [0, 0.05) is 25.7 Å². The average Bonchev–Trinajstić information content (AvgIpc) is 2.86. The van der Waals surface area contributed by atoms with Crippen molar-refractivity contribution in [1.29, 1.82) is 0 Å². The Balaban J connectivity index is 1.85. The number of hydrogen-bond acceptors (Lipinski definition) is 4. The maximum atomic E-state index is 4.42. The van der Waals surface area contributed by atoms with Gasteiger partial charge in [0.1, 0.15) is 12.2 Å². The van der Waals surface area contributed by atoms with Crippen LogP contribution in [0.3, 0.4) is 0 Å². The Bertz CT molecular complexity index is 389. The minimum Gasteiger partial charge on any atom is -0.314 e. The Morgan fingerprint density at radius 2 is 2.20 bits per heavy atom. The van der Waals surface area contributed by atoms with Crippen molar-refractivity contribution in [2.75, 3.05) is 19.6 Å². The van der Waals surface area contributed by atoms with E-state index < -0.39 is 0 Å². The zero-order valence-corrected chi connectivity index (χ0v) is 13.2. The van der Waals surface area contributed by atoms with E-state index in [1.165, 1.54) is 12.8 Å². The lowest BCUT2D eigenvalue weighted by Crippen LogP contribution is -2.48. The largest absolute Gasteiger partial charge is 0.314 e. The molecule has 5 heteroatoms. The zero-order valence-electron chi connectivity index (χ0n) is 13.2. The highest BCUT2D eigenvalue weighted by molar-refractivity contribution is 4.89. The van der Waals surface area contributed by atoms with Crippen LogP contribution in [0.5, 0.6) is 0 Å². The molecular weight excluding hydrogens is 250 g/mol. The molecule has 1 fully saturated rings. The first-order valence-corrected chi connectivity index (χ1v) is 8.07. The molecule has 1 N–H and O–H groups in total. The highest BCUT2D eigenvalue weighted by Crippen LogP contribution is 2.18. The summed E-state index contributed by atoms with van der Waals surface area (Å²) in [7, 11) is 0. The first-order chi connectivity index (χ1) is 9.74. The topological polar surface area (TPSA) is 46.0 Å². The van der Waals surface area contributed by atoms with Gasteiger partial charge in [-0.1, -0.05) is 20.8 Å². The minimum atomic E-state index is 0.680. The standard InChI is InChI=1S/C15H29N5/c1-4-7-16-14-6-9-19(10-13(14)3)11-15-17-12-18-20(15)8-5-2/h12-14,16H,4-11H2,1-3H3. The van der Waals surface area contributed by atoms with Crippen molar-refractivity contribution in [3.8, 4) is 0 Å². The summed E-state index contributed by atoms with van der Waals surface area (Å²) >= 11 is 0. The summed E-state index contributed by atoms with van der Waals surface area (Å²) in [6, 6.07) is 0.680. The molecule has 0 amide bonds. The Hall–Kier alpha value is -0.940. The summed E-state index contributed by atoms with van der Waals surface area (Å²) < 4.78 is 2.05. The number of likely N-dealkylation sites (tertiary alicyclic amines) is 1. The number of piperidine rings is 1. The second kappa shape index (κ2) is 7.74. The molecule has 1 aromatic rings. The highest BCUT2D eigenvalue weighted by Gasteiger charge is 2.26. The molecule has 1 aromatic heterocycles. The van der Waals surface area contributed by atoms with Gasteiger partial charge in [-0.05, 0) is 31.7 Å². The molecule has 0 radical (unpaired) electrons. The first kappa shape index (κ1) is 15.4. The van der Waals surface area contributed by atoms with Crippen LogP contribution in [-0.4, -0.2) is 45.3 Å². The quantitative estimate of drug-likeness (QED) is 0.828. The van der Waals surface area contributed by atoms with Crippen LogP contribution in [0, 0.1) is 5.92 Å². The van der Waals surface area contributed by atoms with Gasteiger partial charge in [-0.15, -0.1) is 0 Å². The number of hydrogen-bond donors (Lipinski definition) is 1.